The summed E-state index contributed by atoms with van der Waals surface area (Å²) in [5.41, 5.74) is -3.31. The lowest BCUT2D eigenvalue weighted by Gasteiger charge is -2.67. The average Bonchev–Trinajstić information content (AvgIpc) is 3.00. The third-order valence-electron chi connectivity index (χ3n) is 10.9. The molecule has 0 saturated heterocycles. The van der Waals surface area contributed by atoms with Gasteiger partial charge in [-0.1, -0.05) is 39.8 Å². The van der Waals surface area contributed by atoms with E-state index < -0.39 is 70.8 Å². The molecule has 35 heavy (non-hydrogen) atoms. The van der Waals surface area contributed by atoms with Crippen molar-refractivity contribution in [2.75, 3.05) is 6.61 Å². The van der Waals surface area contributed by atoms with E-state index in [0.29, 0.717) is 32.1 Å². The van der Waals surface area contributed by atoms with Crippen molar-refractivity contribution in [1.29, 1.82) is 0 Å². The van der Waals surface area contributed by atoms with E-state index in [1.807, 2.05) is 39.8 Å². The molecule has 3 unspecified atom stereocenters. The molecule has 4 aliphatic carbocycles. The van der Waals surface area contributed by atoms with Crippen molar-refractivity contribution < 1.29 is 40.9 Å². The Hall–Kier alpha value is -0.580. The Balaban J connectivity index is 1.71. The van der Waals surface area contributed by atoms with Gasteiger partial charge in [0.2, 0.25) is 0 Å². The summed E-state index contributed by atoms with van der Waals surface area (Å²) in [6.45, 7) is 7.88. The SMILES string of the molecule is C[C@H](CO)C/C=C/[C@@H](C)[C@H]1[C@@H](O)[C@H](O)C2[C@@]3(O)C(CC[C@@]21C)[C@@]1(C)CC[C@H](O)[C@H](O)C1[C@H](O)[C@H]3O. The van der Waals surface area contributed by atoms with Gasteiger partial charge in [-0.15, -0.1) is 0 Å². The van der Waals surface area contributed by atoms with Gasteiger partial charge in [0.15, 0.2) is 0 Å². The number of allylic oxidation sites excluding steroid dienone is 2. The van der Waals surface area contributed by atoms with Crippen LogP contribution in [-0.2, 0) is 0 Å². The second-order valence-electron chi connectivity index (χ2n) is 12.8. The first-order valence-corrected chi connectivity index (χ1v) is 13.3. The average molecular weight is 499 g/mol. The minimum atomic E-state index is -1.86. The quantitative estimate of drug-likeness (QED) is 0.249. The van der Waals surface area contributed by atoms with E-state index >= 15 is 0 Å². The molecule has 0 radical (unpaired) electrons. The first-order valence-electron chi connectivity index (χ1n) is 13.3. The van der Waals surface area contributed by atoms with Crippen LogP contribution in [0.3, 0.4) is 0 Å². The third-order valence-corrected chi connectivity index (χ3v) is 10.9. The summed E-state index contributed by atoms with van der Waals surface area (Å²) in [5, 5.41) is 87.9. The standard InChI is InChI=1S/C27H46O8/c1-13(12-28)6-5-7-14(2)17-20(31)22(33)23-26(17,4)11-9-16-25(3)10-8-15(29)19(30)18(25)21(32)24(34)27(16,23)35/h5,7,13-24,28-35H,6,8-12H2,1-4H3/b7-5+/t13-,14+,15-,16?,17-,18?,19-,20+,21-,22-,23?,24+,25+,26+,27-/m0/s1. The third kappa shape index (κ3) is 3.78. The summed E-state index contributed by atoms with van der Waals surface area (Å²) in [6.07, 6.45) is -1.13. The van der Waals surface area contributed by atoms with Crippen molar-refractivity contribution in [3.63, 3.8) is 0 Å². The van der Waals surface area contributed by atoms with E-state index in [1.54, 1.807) is 0 Å². The molecule has 8 heteroatoms. The lowest BCUT2D eigenvalue weighted by atomic mass is 9.40. The van der Waals surface area contributed by atoms with E-state index in [1.165, 1.54) is 0 Å². The maximum Gasteiger partial charge on any atom is 0.110 e. The lowest BCUT2D eigenvalue weighted by molar-refractivity contribution is -0.322. The second kappa shape index (κ2) is 9.31. The van der Waals surface area contributed by atoms with Crippen molar-refractivity contribution >= 4 is 0 Å². The molecule has 0 amide bonds. The van der Waals surface area contributed by atoms with Crippen LogP contribution in [0.25, 0.3) is 0 Å². The van der Waals surface area contributed by atoms with Crippen LogP contribution >= 0.6 is 0 Å². The molecular formula is C27H46O8. The first kappa shape index (κ1) is 27.5. The van der Waals surface area contributed by atoms with E-state index in [0.717, 1.165) is 0 Å². The Bertz CT molecular complexity index is 806. The maximum atomic E-state index is 12.3. The highest BCUT2D eigenvalue weighted by Crippen LogP contribution is 2.69. The van der Waals surface area contributed by atoms with Crippen molar-refractivity contribution in [3.05, 3.63) is 12.2 Å². The Kier molecular flexibility index (Phi) is 7.30. The Morgan fingerprint density at radius 1 is 0.857 bits per heavy atom. The van der Waals surface area contributed by atoms with Gasteiger partial charge in [-0.05, 0) is 66.6 Å². The topological polar surface area (TPSA) is 162 Å². The minimum Gasteiger partial charge on any atom is -0.396 e. The largest absolute Gasteiger partial charge is 0.396 e. The molecule has 0 aliphatic heterocycles. The summed E-state index contributed by atoms with van der Waals surface area (Å²) >= 11 is 0. The van der Waals surface area contributed by atoms with Gasteiger partial charge < -0.3 is 40.9 Å². The number of hydrogen-bond donors (Lipinski definition) is 8. The molecular weight excluding hydrogens is 452 g/mol. The first-order chi connectivity index (χ1) is 16.3. The molecule has 0 aromatic rings. The number of fused-ring (bicyclic) bond motifs is 5. The maximum absolute atomic E-state index is 12.3. The number of hydrogen-bond acceptors (Lipinski definition) is 8. The van der Waals surface area contributed by atoms with Crippen LogP contribution in [0.2, 0.25) is 0 Å². The second-order valence-corrected chi connectivity index (χ2v) is 12.8. The fourth-order valence-corrected chi connectivity index (χ4v) is 9.20. The zero-order valence-electron chi connectivity index (χ0n) is 21.4. The van der Waals surface area contributed by atoms with E-state index in [-0.39, 0.29) is 24.4 Å². The molecule has 8 nitrogen and oxygen atoms in total. The van der Waals surface area contributed by atoms with Crippen LogP contribution < -0.4 is 0 Å². The molecule has 0 aromatic carbocycles. The zero-order valence-corrected chi connectivity index (χ0v) is 21.4. The fourth-order valence-electron chi connectivity index (χ4n) is 9.20. The van der Waals surface area contributed by atoms with Crippen LogP contribution in [0.1, 0.15) is 59.8 Å². The van der Waals surface area contributed by atoms with Gasteiger partial charge in [-0.2, -0.15) is 0 Å². The predicted molar refractivity (Wildman–Crippen MR) is 129 cm³/mol. The molecule has 0 bridgehead atoms. The van der Waals surface area contributed by atoms with Gasteiger partial charge in [-0.25, -0.2) is 0 Å². The molecule has 15 atom stereocenters. The highest BCUT2D eigenvalue weighted by molar-refractivity contribution is 5.25. The summed E-state index contributed by atoms with van der Waals surface area (Å²) < 4.78 is 0. The molecule has 4 rings (SSSR count). The fraction of sp³-hybridized carbons (Fsp3) is 0.926. The number of rotatable bonds is 5. The summed E-state index contributed by atoms with van der Waals surface area (Å²) in [4.78, 5) is 0. The van der Waals surface area contributed by atoms with Gasteiger partial charge >= 0.3 is 0 Å². The Morgan fingerprint density at radius 3 is 2.11 bits per heavy atom. The summed E-state index contributed by atoms with van der Waals surface area (Å²) in [6, 6.07) is 0. The summed E-state index contributed by atoms with van der Waals surface area (Å²) in [5.74, 6) is -2.56. The van der Waals surface area contributed by atoms with Gasteiger partial charge in [-0.3, -0.25) is 0 Å². The summed E-state index contributed by atoms with van der Waals surface area (Å²) in [7, 11) is 0. The van der Waals surface area contributed by atoms with Crippen molar-refractivity contribution in [2.24, 2.45) is 46.3 Å². The normalized spacial score (nSPS) is 55.8. The van der Waals surface area contributed by atoms with Crippen molar-refractivity contribution in [2.45, 2.75) is 102 Å². The van der Waals surface area contributed by atoms with E-state index in [2.05, 4.69) is 0 Å². The van der Waals surface area contributed by atoms with Crippen LogP contribution in [0.5, 0.6) is 0 Å². The molecule has 4 aliphatic rings. The van der Waals surface area contributed by atoms with Gasteiger partial charge in [0.25, 0.3) is 0 Å². The Labute approximate surface area is 208 Å². The van der Waals surface area contributed by atoms with Crippen molar-refractivity contribution in [1.82, 2.24) is 0 Å². The minimum absolute atomic E-state index is 0.0867. The molecule has 4 saturated carbocycles. The van der Waals surface area contributed by atoms with E-state index in [4.69, 9.17) is 0 Å². The van der Waals surface area contributed by atoms with Gasteiger partial charge in [0, 0.05) is 18.4 Å². The monoisotopic (exact) mass is 498 g/mol. The van der Waals surface area contributed by atoms with Crippen LogP contribution in [0.15, 0.2) is 12.2 Å². The number of aliphatic hydroxyl groups is 8. The molecule has 202 valence electrons. The predicted octanol–water partition coefficient (Wildman–Crippen LogP) is 0.186. The molecule has 4 fully saturated rings. The van der Waals surface area contributed by atoms with E-state index in [9.17, 15) is 40.9 Å². The molecule has 0 spiro atoms. The molecule has 0 heterocycles. The van der Waals surface area contributed by atoms with Crippen LogP contribution in [-0.4, -0.2) is 89.7 Å². The highest BCUT2D eigenvalue weighted by atomic mass is 16.4. The zero-order chi connectivity index (χ0) is 26.1. The molecule has 8 N–H and O–H groups in total. The Morgan fingerprint density at radius 2 is 1.49 bits per heavy atom. The van der Waals surface area contributed by atoms with Crippen molar-refractivity contribution in [3.8, 4) is 0 Å². The van der Waals surface area contributed by atoms with Crippen LogP contribution in [0.4, 0.5) is 0 Å². The lowest BCUT2D eigenvalue weighted by Crippen LogP contribution is -2.76. The highest BCUT2D eigenvalue weighted by Gasteiger charge is 2.76. The van der Waals surface area contributed by atoms with Gasteiger partial charge in [0.05, 0.1) is 30.5 Å². The smallest absolute Gasteiger partial charge is 0.110 e. The number of aliphatic hydroxyl groups excluding tert-OH is 7. The van der Waals surface area contributed by atoms with Gasteiger partial charge in [0.1, 0.15) is 11.7 Å². The molecule has 0 aromatic heterocycles. The van der Waals surface area contributed by atoms with Crippen LogP contribution in [0, 0.1) is 46.3 Å².